The third-order valence-corrected chi connectivity index (χ3v) is 2.39. The van der Waals surface area contributed by atoms with Crippen LogP contribution in [0.5, 0.6) is 0 Å². The number of rotatable bonds is 2. The highest BCUT2D eigenvalue weighted by molar-refractivity contribution is 5.57. The van der Waals surface area contributed by atoms with Crippen molar-refractivity contribution in [3.05, 3.63) is 45.7 Å². The molecule has 1 aromatic heterocycles. The van der Waals surface area contributed by atoms with E-state index in [0.717, 1.165) is 16.1 Å². The SMILES string of the molecule is C=C/C(=c1/ccc(=O)[nH]/c1=C/C)C(C)C. The van der Waals surface area contributed by atoms with Crippen molar-refractivity contribution in [2.24, 2.45) is 5.92 Å². The Bertz CT molecular complexity index is 520. The molecule has 2 heteroatoms. The summed E-state index contributed by atoms with van der Waals surface area (Å²) in [6.45, 7) is 9.95. The van der Waals surface area contributed by atoms with Gasteiger partial charge in [0, 0.05) is 16.6 Å². The molecule has 0 saturated carbocycles. The van der Waals surface area contributed by atoms with E-state index < -0.39 is 0 Å². The summed E-state index contributed by atoms with van der Waals surface area (Å²) in [4.78, 5) is 14.0. The molecule has 1 N–H and O–H groups in total. The minimum absolute atomic E-state index is 0.0704. The molecule has 0 aromatic carbocycles. The summed E-state index contributed by atoms with van der Waals surface area (Å²) in [6, 6.07) is 3.40. The van der Waals surface area contributed by atoms with Gasteiger partial charge in [-0.15, -0.1) is 0 Å². The number of hydrogen-bond donors (Lipinski definition) is 1. The lowest BCUT2D eigenvalue weighted by Crippen LogP contribution is -2.35. The number of aromatic amines is 1. The van der Waals surface area contributed by atoms with Crippen molar-refractivity contribution in [3.8, 4) is 0 Å². The summed E-state index contributed by atoms with van der Waals surface area (Å²) in [5, 5.41) is 1.92. The van der Waals surface area contributed by atoms with Gasteiger partial charge >= 0.3 is 0 Å². The molecule has 0 bridgehead atoms. The molecular weight excluding hydrogens is 186 g/mol. The van der Waals surface area contributed by atoms with Gasteiger partial charge in [-0.3, -0.25) is 4.79 Å². The minimum Gasteiger partial charge on any atom is -0.322 e. The van der Waals surface area contributed by atoms with Crippen molar-refractivity contribution in [1.82, 2.24) is 4.98 Å². The first-order valence-corrected chi connectivity index (χ1v) is 5.12. The van der Waals surface area contributed by atoms with Crippen LogP contribution in [0.25, 0.3) is 11.6 Å². The van der Waals surface area contributed by atoms with Gasteiger partial charge in [-0.2, -0.15) is 0 Å². The molecule has 15 heavy (non-hydrogen) atoms. The van der Waals surface area contributed by atoms with E-state index in [4.69, 9.17) is 0 Å². The molecule has 0 amide bonds. The first-order valence-electron chi connectivity index (χ1n) is 5.12. The summed E-state index contributed by atoms with van der Waals surface area (Å²) in [5.41, 5.74) is 1.08. The Kier molecular flexibility index (Phi) is 3.67. The highest BCUT2D eigenvalue weighted by Gasteiger charge is 2.00. The molecule has 1 heterocycles. The van der Waals surface area contributed by atoms with Crippen LogP contribution in [-0.4, -0.2) is 4.98 Å². The average Bonchev–Trinajstić information content (AvgIpc) is 2.20. The lowest BCUT2D eigenvalue weighted by molar-refractivity contribution is 0.853. The van der Waals surface area contributed by atoms with Gasteiger partial charge in [-0.25, -0.2) is 0 Å². The molecule has 0 fully saturated rings. The van der Waals surface area contributed by atoms with E-state index in [-0.39, 0.29) is 5.56 Å². The van der Waals surface area contributed by atoms with E-state index in [1.807, 2.05) is 25.1 Å². The number of hydrogen-bond acceptors (Lipinski definition) is 1. The number of nitrogens with one attached hydrogen (secondary N) is 1. The lowest BCUT2D eigenvalue weighted by Gasteiger charge is -2.05. The molecule has 80 valence electrons. The van der Waals surface area contributed by atoms with Gasteiger partial charge in [-0.05, 0) is 24.5 Å². The van der Waals surface area contributed by atoms with Crippen LogP contribution in [0.1, 0.15) is 20.8 Å². The van der Waals surface area contributed by atoms with Gasteiger partial charge in [0.25, 0.3) is 0 Å². The molecule has 0 radical (unpaired) electrons. The molecule has 1 aromatic rings. The molecule has 0 saturated heterocycles. The average molecular weight is 203 g/mol. The van der Waals surface area contributed by atoms with Crippen LogP contribution in [0.15, 0.2) is 29.6 Å². The minimum atomic E-state index is -0.0704. The van der Waals surface area contributed by atoms with Gasteiger partial charge < -0.3 is 4.98 Å². The summed E-state index contributed by atoms with van der Waals surface area (Å²) < 4.78 is 0. The van der Waals surface area contributed by atoms with E-state index >= 15 is 0 Å². The van der Waals surface area contributed by atoms with Gasteiger partial charge in [0.1, 0.15) is 0 Å². The van der Waals surface area contributed by atoms with E-state index in [1.54, 1.807) is 6.07 Å². The van der Waals surface area contributed by atoms with Gasteiger partial charge in [0.2, 0.25) is 5.56 Å². The zero-order valence-electron chi connectivity index (χ0n) is 9.50. The van der Waals surface area contributed by atoms with Gasteiger partial charge in [0.05, 0.1) is 0 Å². The molecule has 2 nitrogen and oxygen atoms in total. The molecule has 0 aliphatic carbocycles. The van der Waals surface area contributed by atoms with Gasteiger partial charge in [-0.1, -0.05) is 32.6 Å². The summed E-state index contributed by atoms with van der Waals surface area (Å²) in [7, 11) is 0. The van der Waals surface area contributed by atoms with E-state index in [1.165, 1.54) is 0 Å². The second-order valence-electron chi connectivity index (χ2n) is 3.75. The Balaban J connectivity index is 3.77. The third kappa shape index (κ3) is 2.46. The number of pyridine rings is 1. The van der Waals surface area contributed by atoms with Crippen molar-refractivity contribution >= 4 is 11.6 Å². The lowest BCUT2D eigenvalue weighted by atomic mass is 10.0. The van der Waals surface area contributed by atoms with E-state index in [2.05, 4.69) is 25.4 Å². The van der Waals surface area contributed by atoms with E-state index in [0.29, 0.717) is 5.92 Å². The zero-order valence-corrected chi connectivity index (χ0v) is 9.50. The maximum atomic E-state index is 11.2. The fourth-order valence-corrected chi connectivity index (χ4v) is 1.63. The van der Waals surface area contributed by atoms with Crippen molar-refractivity contribution in [1.29, 1.82) is 0 Å². The van der Waals surface area contributed by atoms with Crippen LogP contribution in [0, 0.1) is 5.92 Å². The van der Waals surface area contributed by atoms with Crippen molar-refractivity contribution < 1.29 is 0 Å². The summed E-state index contributed by atoms with van der Waals surface area (Å²) in [5.74, 6) is 0.395. The molecule has 0 unspecified atom stereocenters. The Morgan fingerprint density at radius 1 is 1.47 bits per heavy atom. The Morgan fingerprint density at radius 3 is 2.60 bits per heavy atom. The van der Waals surface area contributed by atoms with E-state index in [9.17, 15) is 4.79 Å². The normalized spacial score (nSPS) is 14.3. The predicted octanol–water partition coefficient (Wildman–Crippen LogP) is 1.17. The quantitative estimate of drug-likeness (QED) is 0.769. The standard InChI is InChI=1S/C13H17NO/c1-5-10(9(3)4)11-7-8-13(15)14-12(11)6-2/h5-9H,1H2,2-4H3,(H,14,15)/b11-10+,12-6+. The second-order valence-corrected chi connectivity index (χ2v) is 3.75. The molecule has 0 aliphatic rings. The fraction of sp³-hybridized carbons (Fsp3) is 0.308. The Morgan fingerprint density at radius 2 is 2.13 bits per heavy atom. The van der Waals surface area contributed by atoms with Crippen molar-refractivity contribution in [2.45, 2.75) is 20.8 Å². The number of allylic oxidation sites excluding steroid dienone is 1. The first-order chi connectivity index (χ1) is 7.10. The highest BCUT2D eigenvalue weighted by Crippen LogP contribution is 2.08. The second kappa shape index (κ2) is 4.78. The molecular formula is C13H17NO. The summed E-state index contributed by atoms with van der Waals surface area (Å²) in [6.07, 6.45) is 3.76. The summed E-state index contributed by atoms with van der Waals surface area (Å²) >= 11 is 0. The van der Waals surface area contributed by atoms with Crippen LogP contribution < -0.4 is 16.1 Å². The zero-order chi connectivity index (χ0) is 11.4. The monoisotopic (exact) mass is 203 g/mol. The maximum absolute atomic E-state index is 11.2. The van der Waals surface area contributed by atoms with Crippen molar-refractivity contribution in [3.63, 3.8) is 0 Å². The van der Waals surface area contributed by atoms with Crippen LogP contribution in [0.2, 0.25) is 0 Å². The smallest absolute Gasteiger partial charge is 0.248 e. The number of aromatic nitrogens is 1. The van der Waals surface area contributed by atoms with Crippen LogP contribution in [0.4, 0.5) is 0 Å². The predicted molar refractivity (Wildman–Crippen MR) is 64.9 cm³/mol. The molecule has 0 aliphatic heterocycles. The topological polar surface area (TPSA) is 32.9 Å². The molecule has 0 atom stereocenters. The highest BCUT2D eigenvalue weighted by atomic mass is 16.1. The molecule has 0 spiro atoms. The first kappa shape index (κ1) is 11.5. The molecule has 1 rings (SSSR count). The Hall–Kier alpha value is -1.57. The maximum Gasteiger partial charge on any atom is 0.248 e. The largest absolute Gasteiger partial charge is 0.322 e. The Labute approximate surface area is 89.7 Å². The van der Waals surface area contributed by atoms with Crippen molar-refractivity contribution in [2.75, 3.05) is 0 Å². The van der Waals surface area contributed by atoms with Crippen LogP contribution >= 0.6 is 0 Å². The van der Waals surface area contributed by atoms with Crippen LogP contribution in [-0.2, 0) is 0 Å². The number of H-pyrrole nitrogens is 1. The third-order valence-electron chi connectivity index (χ3n) is 2.39. The fourth-order valence-electron chi connectivity index (χ4n) is 1.63. The van der Waals surface area contributed by atoms with Gasteiger partial charge in [0.15, 0.2) is 0 Å². The van der Waals surface area contributed by atoms with Crippen LogP contribution in [0.3, 0.4) is 0 Å².